The number of thiophene rings is 1. The lowest BCUT2D eigenvalue weighted by Gasteiger charge is -2.56. The van der Waals surface area contributed by atoms with Crippen LogP contribution in [-0.4, -0.2) is 6.04 Å². The van der Waals surface area contributed by atoms with Crippen molar-refractivity contribution < 1.29 is 0 Å². The second kappa shape index (κ2) is 5.28. The van der Waals surface area contributed by atoms with E-state index in [1.165, 1.54) is 37.0 Å². The number of hydrogen-bond acceptors (Lipinski definition) is 3. The molecule has 4 fully saturated rings. The lowest BCUT2D eigenvalue weighted by molar-refractivity contribution is -0.0516. The van der Waals surface area contributed by atoms with Crippen LogP contribution in [0.4, 0.5) is 0 Å². The smallest absolute Gasteiger partial charge is 0.0931 e. The van der Waals surface area contributed by atoms with Crippen LogP contribution in [0.25, 0.3) is 0 Å². The van der Waals surface area contributed by atoms with Crippen LogP contribution in [0.5, 0.6) is 0 Å². The Bertz CT molecular complexity index is 459. The van der Waals surface area contributed by atoms with Crippen molar-refractivity contribution in [3.05, 3.63) is 21.3 Å². The van der Waals surface area contributed by atoms with Crippen molar-refractivity contribution in [1.82, 2.24) is 5.43 Å². The van der Waals surface area contributed by atoms with E-state index in [1.54, 1.807) is 11.3 Å². The van der Waals surface area contributed by atoms with E-state index < -0.39 is 0 Å². The maximum atomic E-state index is 6.06. The molecule has 20 heavy (non-hydrogen) atoms. The molecule has 4 heteroatoms. The molecule has 110 valence electrons. The molecule has 1 aromatic heterocycles. The molecular weight excluding hydrogens is 288 g/mol. The molecule has 0 radical (unpaired) electrons. The fourth-order valence-corrected chi connectivity index (χ4v) is 6.75. The molecule has 4 aliphatic carbocycles. The maximum Gasteiger partial charge on any atom is 0.0931 e. The SMILES string of the molecule is NNC(Cc1ccc(Cl)s1)C1C2CC3CC(C2)CC1C3. The summed E-state index contributed by atoms with van der Waals surface area (Å²) in [5.74, 6) is 10.6. The molecule has 2 nitrogen and oxygen atoms in total. The van der Waals surface area contributed by atoms with Gasteiger partial charge in [0.15, 0.2) is 0 Å². The zero-order valence-corrected chi connectivity index (χ0v) is 13.3. The minimum atomic E-state index is 0.430. The van der Waals surface area contributed by atoms with Gasteiger partial charge in [0.1, 0.15) is 0 Å². The lowest BCUT2D eigenvalue weighted by atomic mass is 9.50. The summed E-state index contributed by atoms with van der Waals surface area (Å²) < 4.78 is 0.890. The van der Waals surface area contributed by atoms with Gasteiger partial charge in [-0.3, -0.25) is 11.3 Å². The number of hydrazine groups is 1. The summed E-state index contributed by atoms with van der Waals surface area (Å²) >= 11 is 7.76. The lowest BCUT2D eigenvalue weighted by Crippen LogP contribution is -2.55. The second-order valence-corrected chi connectivity index (χ2v) is 8.99. The van der Waals surface area contributed by atoms with E-state index in [0.717, 1.165) is 40.3 Å². The molecule has 4 saturated carbocycles. The van der Waals surface area contributed by atoms with Crippen LogP contribution in [0.3, 0.4) is 0 Å². The van der Waals surface area contributed by atoms with E-state index in [-0.39, 0.29) is 0 Å². The monoisotopic (exact) mass is 310 g/mol. The molecule has 0 aromatic carbocycles. The highest BCUT2D eigenvalue weighted by molar-refractivity contribution is 7.16. The summed E-state index contributed by atoms with van der Waals surface area (Å²) in [6, 6.07) is 4.60. The zero-order valence-electron chi connectivity index (χ0n) is 11.7. The highest BCUT2D eigenvalue weighted by Gasteiger charge is 2.50. The van der Waals surface area contributed by atoms with Crippen LogP contribution < -0.4 is 11.3 Å². The number of nitrogens with one attached hydrogen (secondary N) is 1. The summed E-state index contributed by atoms with van der Waals surface area (Å²) in [5.41, 5.74) is 3.15. The van der Waals surface area contributed by atoms with Crippen LogP contribution in [0, 0.1) is 29.6 Å². The third-order valence-corrected chi connectivity index (χ3v) is 7.28. The Morgan fingerprint density at radius 1 is 1.15 bits per heavy atom. The molecule has 3 N–H and O–H groups in total. The predicted octanol–water partition coefficient (Wildman–Crippen LogP) is 3.85. The molecule has 0 saturated heterocycles. The predicted molar refractivity (Wildman–Crippen MR) is 84.7 cm³/mol. The van der Waals surface area contributed by atoms with Crippen molar-refractivity contribution in [1.29, 1.82) is 0 Å². The van der Waals surface area contributed by atoms with Crippen molar-refractivity contribution >= 4 is 22.9 Å². The van der Waals surface area contributed by atoms with E-state index >= 15 is 0 Å². The Morgan fingerprint density at radius 3 is 2.30 bits per heavy atom. The van der Waals surface area contributed by atoms with E-state index in [4.69, 9.17) is 17.4 Å². The Labute approximate surface area is 130 Å². The Balaban J connectivity index is 1.52. The minimum Gasteiger partial charge on any atom is -0.271 e. The maximum absolute atomic E-state index is 6.06. The number of hydrogen-bond donors (Lipinski definition) is 2. The van der Waals surface area contributed by atoms with Gasteiger partial charge in [-0.15, -0.1) is 11.3 Å². The molecular formula is C16H23ClN2S. The first-order valence-corrected chi connectivity index (χ1v) is 9.12. The minimum absolute atomic E-state index is 0.430. The average Bonchev–Trinajstić information content (AvgIpc) is 2.81. The average molecular weight is 311 g/mol. The molecule has 1 unspecified atom stereocenters. The van der Waals surface area contributed by atoms with Gasteiger partial charge in [0, 0.05) is 10.9 Å². The van der Waals surface area contributed by atoms with Crippen molar-refractivity contribution in [2.75, 3.05) is 0 Å². The van der Waals surface area contributed by atoms with Crippen molar-refractivity contribution in [3.8, 4) is 0 Å². The topological polar surface area (TPSA) is 38.0 Å². The molecule has 0 amide bonds. The van der Waals surface area contributed by atoms with Gasteiger partial charge in [0.2, 0.25) is 0 Å². The van der Waals surface area contributed by atoms with Gasteiger partial charge in [0.25, 0.3) is 0 Å². The van der Waals surface area contributed by atoms with Gasteiger partial charge >= 0.3 is 0 Å². The third kappa shape index (κ3) is 2.33. The molecule has 1 atom stereocenters. The van der Waals surface area contributed by atoms with Gasteiger partial charge < -0.3 is 0 Å². The summed E-state index contributed by atoms with van der Waals surface area (Å²) in [7, 11) is 0. The summed E-state index contributed by atoms with van der Waals surface area (Å²) in [6.07, 6.45) is 8.39. The van der Waals surface area contributed by atoms with Gasteiger partial charge in [-0.2, -0.15) is 0 Å². The summed E-state index contributed by atoms with van der Waals surface area (Å²) in [6.45, 7) is 0. The number of halogens is 1. The molecule has 0 spiro atoms. The zero-order chi connectivity index (χ0) is 13.7. The quantitative estimate of drug-likeness (QED) is 0.655. The first-order chi connectivity index (χ1) is 9.72. The van der Waals surface area contributed by atoms with E-state index in [2.05, 4.69) is 11.5 Å². The second-order valence-electron chi connectivity index (χ2n) is 7.19. The van der Waals surface area contributed by atoms with Gasteiger partial charge in [-0.05, 0) is 80.2 Å². The van der Waals surface area contributed by atoms with Gasteiger partial charge in [0.05, 0.1) is 4.34 Å². The highest BCUT2D eigenvalue weighted by atomic mass is 35.5. The van der Waals surface area contributed by atoms with Gasteiger partial charge in [-0.25, -0.2) is 0 Å². The van der Waals surface area contributed by atoms with Crippen LogP contribution in [0.15, 0.2) is 12.1 Å². The summed E-state index contributed by atoms with van der Waals surface area (Å²) in [4.78, 5) is 1.37. The van der Waals surface area contributed by atoms with Gasteiger partial charge in [-0.1, -0.05) is 11.6 Å². The van der Waals surface area contributed by atoms with E-state index in [1.807, 2.05) is 6.07 Å². The molecule has 0 aliphatic heterocycles. The highest BCUT2D eigenvalue weighted by Crippen LogP contribution is 2.57. The summed E-state index contributed by atoms with van der Waals surface area (Å²) in [5, 5.41) is 0. The Kier molecular flexibility index (Phi) is 3.58. The van der Waals surface area contributed by atoms with Crippen LogP contribution in [0.2, 0.25) is 4.34 Å². The fourth-order valence-electron chi connectivity index (χ4n) is 5.61. The number of nitrogens with two attached hydrogens (primary N) is 1. The van der Waals surface area contributed by atoms with Crippen LogP contribution in [-0.2, 0) is 6.42 Å². The molecule has 5 rings (SSSR count). The van der Waals surface area contributed by atoms with Crippen LogP contribution >= 0.6 is 22.9 Å². The molecule has 1 heterocycles. The first kappa shape index (κ1) is 13.6. The van der Waals surface area contributed by atoms with Crippen molar-refractivity contribution in [2.45, 2.75) is 44.6 Å². The van der Waals surface area contributed by atoms with E-state index in [9.17, 15) is 0 Å². The standard InChI is InChI=1S/C16H23ClN2S/c17-15-2-1-13(20-15)8-14(19-18)16-11-4-9-3-10(6-11)7-12(16)5-9/h1-2,9-12,14,16,19H,3-8,18H2. The van der Waals surface area contributed by atoms with Crippen molar-refractivity contribution in [2.24, 2.45) is 35.4 Å². The van der Waals surface area contributed by atoms with Crippen molar-refractivity contribution in [3.63, 3.8) is 0 Å². The largest absolute Gasteiger partial charge is 0.271 e. The Hall–Kier alpha value is -0.0900. The fraction of sp³-hybridized carbons (Fsp3) is 0.750. The van der Waals surface area contributed by atoms with Crippen LogP contribution in [0.1, 0.15) is 37.0 Å². The molecule has 1 aromatic rings. The molecule has 4 bridgehead atoms. The van der Waals surface area contributed by atoms with E-state index in [0.29, 0.717) is 6.04 Å². The third-order valence-electron chi connectivity index (χ3n) is 6.03. The molecule has 4 aliphatic rings. The Morgan fingerprint density at radius 2 is 1.80 bits per heavy atom. The normalized spacial score (nSPS) is 40.2. The number of rotatable bonds is 4. The first-order valence-electron chi connectivity index (χ1n) is 7.93.